The fraction of sp³-hybridized carbons (Fsp3) is 0.438. The monoisotopic (exact) mass is 278 g/mol. The van der Waals surface area contributed by atoms with Crippen molar-refractivity contribution in [1.82, 2.24) is 0 Å². The van der Waals surface area contributed by atoms with Crippen LogP contribution in [-0.2, 0) is 4.74 Å². The molecule has 0 saturated heterocycles. The normalized spacial score (nSPS) is 9.84. The first-order chi connectivity index (χ1) is 9.30. The molecule has 0 saturated carbocycles. The summed E-state index contributed by atoms with van der Waals surface area (Å²) in [5.74, 6) is 1.99. The number of hydrogen-bond donors (Lipinski definition) is 0. The zero-order chi connectivity index (χ0) is 13.9. The molecule has 0 N–H and O–H groups in total. The maximum absolute atomic E-state index is 5.20. The van der Waals surface area contributed by atoms with Crippen LogP contribution in [0, 0.1) is 0 Å². The number of methoxy groups -OCH3 is 2. The summed E-state index contributed by atoms with van der Waals surface area (Å²) in [5.41, 5.74) is 4.44. The lowest BCUT2D eigenvalue weighted by atomic mass is 10.2. The highest BCUT2D eigenvalue weighted by molar-refractivity contribution is 8.03. The first kappa shape index (κ1) is 15.9. The van der Waals surface area contributed by atoms with E-state index in [0.717, 1.165) is 22.0 Å². The Hall–Kier alpha value is -1.15. The third kappa shape index (κ3) is 6.53. The number of rotatable bonds is 8. The Morgan fingerprint density at radius 2 is 2.00 bits per heavy atom. The summed E-state index contributed by atoms with van der Waals surface area (Å²) < 4.78 is 10.3. The second kappa shape index (κ2) is 9.74. The van der Waals surface area contributed by atoms with Crippen LogP contribution in [0.5, 0.6) is 5.75 Å². The number of thioether (sulfide) groups is 1. The number of benzene rings is 1. The van der Waals surface area contributed by atoms with Crippen LogP contribution in [0.2, 0.25) is 0 Å². The van der Waals surface area contributed by atoms with Crippen molar-refractivity contribution in [3.05, 3.63) is 40.5 Å². The molecule has 0 unspecified atom stereocenters. The zero-order valence-electron chi connectivity index (χ0n) is 11.9. The molecule has 19 heavy (non-hydrogen) atoms. The lowest BCUT2D eigenvalue weighted by Gasteiger charge is -2.02. The van der Waals surface area contributed by atoms with E-state index in [1.165, 1.54) is 12.8 Å². The van der Waals surface area contributed by atoms with Gasteiger partial charge in [0.15, 0.2) is 0 Å². The maximum atomic E-state index is 5.20. The molecule has 0 atom stereocenters. The molecular formula is C16H22O2S. The van der Waals surface area contributed by atoms with Gasteiger partial charge in [-0.3, -0.25) is 0 Å². The van der Waals surface area contributed by atoms with Crippen molar-refractivity contribution >= 4 is 17.8 Å². The van der Waals surface area contributed by atoms with Gasteiger partial charge in [0.25, 0.3) is 0 Å². The van der Waals surface area contributed by atoms with Crippen LogP contribution in [-0.4, -0.2) is 26.6 Å². The highest BCUT2D eigenvalue weighted by Gasteiger charge is 1.96. The Labute approximate surface area is 120 Å². The van der Waals surface area contributed by atoms with Gasteiger partial charge in [-0.05, 0) is 35.9 Å². The summed E-state index contributed by atoms with van der Waals surface area (Å²) in [6.45, 7) is 2.83. The van der Waals surface area contributed by atoms with Crippen LogP contribution < -0.4 is 4.74 Å². The molecule has 0 aliphatic rings. The molecule has 1 aromatic carbocycles. The molecule has 0 aliphatic heterocycles. The van der Waals surface area contributed by atoms with Gasteiger partial charge in [0.2, 0.25) is 0 Å². The van der Waals surface area contributed by atoms with Crippen molar-refractivity contribution < 1.29 is 9.47 Å². The van der Waals surface area contributed by atoms with Crippen molar-refractivity contribution in [3.8, 4) is 5.75 Å². The molecule has 0 aliphatic carbocycles. The van der Waals surface area contributed by atoms with Gasteiger partial charge < -0.3 is 9.47 Å². The zero-order valence-corrected chi connectivity index (χ0v) is 12.8. The molecule has 0 spiro atoms. The Balaban J connectivity index is 2.71. The molecule has 0 heterocycles. The lowest BCUT2D eigenvalue weighted by molar-refractivity contribution is 0.231. The van der Waals surface area contributed by atoms with Crippen LogP contribution in [0.4, 0.5) is 0 Å². The largest absolute Gasteiger partial charge is 0.497 e. The Morgan fingerprint density at radius 3 is 2.58 bits per heavy atom. The fourth-order valence-corrected chi connectivity index (χ4v) is 2.48. The second-order valence-electron chi connectivity index (χ2n) is 4.12. The maximum Gasteiger partial charge on any atom is 0.118 e. The van der Waals surface area contributed by atoms with Gasteiger partial charge in [0.1, 0.15) is 5.75 Å². The molecule has 104 valence electrons. The van der Waals surface area contributed by atoms with Gasteiger partial charge in [0.05, 0.1) is 18.6 Å². The first-order valence-corrected chi connectivity index (χ1v) is 7.50. The number of unbranched alkanes of at least 4 members (excludes halogenated alkanes) is 1. The molecule has 0 bridgehead atoms. The van der Waals surface area contributed by atoms with Crippen molar-refractivity contribution in [2.45, 2.75) is 19.8 Å². The van der Waals surface area contributed by atoms with E-state index >= 15 is 0 Å². The molecule has 0 radical (unpaired) electrons. The average molecular weight is 278 g/mol. The predicted molar refractivity (Wildman–Crippen MR) is 83.7 cm³/mol. The van der Waals surface area contributed by atoms with Crippen LogP contribution in [0.25, 0.3) is 6.08 Å². The third-order valence-electron chi connectivity index (χ3n) is 2.57. The highest BCUT2D eigenvalue weighted by atomic mass is 32.2. The van der Waals surface area contributed by atoms with Gasteiger partial charge in [-0.1, -0.05) is 25.5 Å². The molecule has 0 amide bonds. The highest BCUT2D eigenvalue weighted by Crippen LogP contribution is 2.18. The topological polar surface area (TPSA) is 18.5 Å². The van der Waals surface area contributed by atoms with Crippen LogP contribution in [0.3, 0.4) is 0 Å². The van der Waals surface area contributed by atoms with Gasteiger partial charge >= 0.3 is 0 Å². The summed E-state index contributed by atoms with van der Waals surface area (Å²) in [4.78, 5) is 1.15. The standard InChI is InChI=1S/C16H22O2S/c1-4-5-12-19-16(13-17-2)11-8-14-6-9-15(18-3)10-7-14/h6-10H,4-5,12-13H2,1-3H3. The Kier molecular flexibility index (Phi) is 8.15. The first-order valence-electron chi connectivity index (χ1n) is 6.51. The summed E-state index contributed by atoms with van der Waals surface area (Å²) in [6, 6.07) is 7.95. The number of ether oxygens (including phenoxy) is 2. The molecule has 1 aromatic rings. The van der Waals surface area contributed by atoms with E-state index in [2.05, 4.69) is 12.7 Å². The summed E-state index contributed by atoms with van der Waals surface area (Å²) in [6.07, 6.45) is 4.43. The molecule has 0 fully saturated rings. The van der Waals surface area contributed by atoms with Crippen LogP contribution in [0.1, 0.15) is 25.3 Å². The van der Waals surface area contributed by atoms with Crippen molar-refractivity contribution in [3.63, 3.8) is 0 Å². The van der Waals surface area contributed by atoms with E-state index in [-0.39, 0.29) is 0 Å². The van der Waals surface area contributed by atoms with E-state index in [0.29, 0.717) is 6.61 Å². The van der Waals surface area contributed by atoms with E-state index < -0.39 is 0 Å². The summed E-state index contributed by atoms with van der Waals surface area (Å²) in [7, 11) is 3.39. The third-order valence-corrected chi connectivity index (χ3v) is 3.64. The second-order valence-corrected chi connectivity index (χ2v) is 5.31. The van der Waals surface area contributed by atoms with E-state index in [1.807, 2.05) is 42.1 Å². The average Bonchev–Trinajstić information content (AvgIpc) is 2.45. The number of hydrogen-bond acceptors (Lipinski definition) is 3. The minimum atomic E-state index is 0.626. The van der Waals surface area contributed by atoms with Crippen LogP contribution >= 0.6 is 11.8 Å². The quantitative estimate of drug-likeness (QED) is 0.519. The lowest BCUT2D eigenvalue weighted by Crippen LogP contribution is -1.90. The summed E-state index contributed by atoms with van der Waals surface area (Å²) in [5, 5.41) is 0. The molecule has 2 nitrogen and oxygen atoms in total. The van der Waals surface area contributed by atoms with Crippen molar-refractivity contribution in [2.24, 2.45) is 0 Å². The fourth-order valence-electron chi connectivity index (χ4n) is 1.46. The van der Waals surface area contributed by atoms with E-state index in [1.54, 1.807) is 14.2 Å². The van der Waals surface area contributed by atoms with Crippen molar-refractivity contribution in [1.29, 1.82) is 0 Å². The van der Waals surface area contributed by atoms with Gasteiger partial charge in [-0.2, -0.15) is 0 Å². The minimum absolute atomic E-state index is 0.626. The minimum Gasteiger partial charge on any atom is -0.497 e. The van der Waals surface area contributed by atoms with Gasteiger partial charge in [-0.25, -0.2) is 0 Å². The predicted octanol–water partition coefficient (Wildman–Crippen LogP) is 4.37. The van der Waals surface area contributed by atoms with Crippen molar-refractivity contribution in [2.75, 3.05) is 26.6 Å². The molecule has 0 aromatic heterocycles. The molecule has 3 heteroatoms. The summed E-state index contributed by atoms with van der Waals surface area (Å²) >= 11 is 1.82. The Morgan fingerprint density at radius 1 is 1.26 bits per heavy atom. The van der Waals surface area contributed by atoms with Gasteiger partial charge in [-0.15, -0.1) is 17.5 Å². The smallest absolute Gasteiger partial charge is 0.118 e. The molecular weight excluding hydrogens is 256 g/mol. The SMILES string of the molecule is CCCCSC(=C=Cc1ccc(OC)cc1)COC. The Bertz CT molecular complexity index is 417. The van der Waals surface area contributed by atoms with E-state index in [4.69, 9.17) is 9.47 Å². The van der Waals surface area contributed by atoms with E-state index in [9.17, 15) is 0 Å². The van der Waals surface area contributed by atoms with Crippen LogP contribution in [0.15, 0.2) is 34.9 Å². The van der Waals surface area contributed by atoms with Gasteiger partial charge in [0, 0.05) is 7.11 Å². The molecule has 1 rings (SSSR count).